The molecule has 1 aromatic carbocycles. The van der Waals surface area contributed by atoms with Gasteiger partial charge < -0.3 is 5.32 Å². The molecule has 2 aromatic rings. The molecule has 1 aliphatic rings. The largest absolute Gasteiger partial charge is 0.323 e. The molecule has 0 spiro atoms. The number of rotatable bonds is 4. The molecule has 0 atom stereocenters. The Hall–Kier alpha value is -2.73. The topological polar surface area (TPSA) is 66.5 Å². The summed E-state index contributed by atoms with van der Waals surface area (Å²) >= 11 is 1.57. The Morgan fingerprint density at radius 3 is 2.58 bits per heavy atom. The molecule has 2 heterocycles. The van der Waals surface area contributed by atoms with Crippen molar-refractivity contribution in [2.45, 2.75) is 19.8 Å². The van der Waals surface area contributed by atoms with Crippen LogP contribution in [-0.2, 0) is 14.4 Å². The number of hydrogen-bond acceptors (Lipinski definition) is 4. The van der Waals surface area contributed by atoms with Gasteiger partial charge in [-0.05, 0) is 59.2 Å². The third kappa shape index (κ3) is 3.44. The third-order valence-electron chi connectivity index (χ3n) is 3.73. The molecule has 24 heavy (non-hydrogen) atoms. The highest BCUT2D eigenvalue weighted by Gasteiger charge is 2.31. The monoisotopic (exact) mass is 340 g/mol. The number of carbonyl (C=O) groups is 3. The standard InChI is InChI=1S/C18H16N2O3S/c1-12-10-14(19-16(21)5-2-13-8-9-24-11-13)3-4-15(12)20-17(22)6-7-18(20)23/h2-5,8-11H,6-7H2,1H3,(H,19,21). The summed E-state index contributed by atoms with van der Waals surface area (Å²) in [6.45, 7) is 1.81. The number of thiophene rings is 1. The van der Waals surface area contributed by atoms with E-state index in [1.807, 2.05) is 23.8 Å². The maximum absolute atomic E-state index is 12.0. The van der Waals surface area contributed by atoms with Crippen molar-refractivity contribution in [1.82, 2.24) is 0 Å². The summed E-state index contributed by atoms with van der Waals surface area (Å²) in [6, 6.07) is 7.06. The van der Waals surface area contributed by atoms with Gasteiger partial charge in [-0.15, -0.1) is 0 Å². The molecule has 0 radical (unpaired) electrons. The van der Waals surface area contributed by atoms with Crippen molar-refractivity contribution in [3.8, 4) is 0 Å². The first kappa shape index (κ1) is 16.1. The van der Waals surface area contributed by atoms with Crippen LogP contribution in [0.15, 0.2) is 41.1 Å². The van der Waals surface area contributed by atoms with Crippen LogP contribution in [0.25, 0.3) is 6.08 Å². The van der Waals surface area contributed by atoms with Crippen molar-refractivity contribution in [1.29, 1.82) is 0 Å². The van der Waals surface area contributed by atoms with Crippen LogP contribution in [0.4, 0.5) is 11.4 Å². The van der Waals surface area contributed by atoms with Crippen LogP contribution in [0, 0.1) is 6.92 Å². The van der Waals surface area contributed by atoms with Crippen molar-refractivity contribution in [2.75, 3.05) is 10.2 Å². The minimum atomic E-state index is -0.235. The number of imide groups is 1. The van der Waals surface area contributed by atoms with E-state index in [2.05, 4.69) is 5.32 Å². The summed E-state index contributed by atoms with van der Waals surface area (Å²) < 4.78 is 0. The fourth-order valence-electron chi connectivity index (χ4n) is 2.56. The van der Waals surface area contributed by atoms with E-state index < -0.39 is 0 Å². The first-order chi connectivity index (χ1) is 11.5. The van der Waals surface area contributed by atoms with E-state index in [4.69, 9.17) is 0 Å². The summed E-state index contributed by atoms with van der Waals surface area (Å²) in [5.41, 5.74) is 2.94. The molecule has 122 valence electrons. The molecular weight excluding hydrogens is 324 g/mol. The molecule has 3 amide bonds. The van der Waals surface area contributed by atoms with Gasteiger partial charge in [0.2, 0.25) is 17.7 Å². The second kappa shape index (κ2) is 6.80. The van der Waals surface area contributed by atoms with Gasteiger partial charge in [0.05, 0.1) is 5.69 Å². The molecule has 5 nitrogen and oxygen atoms in total. The molecule has 0 aliphatic carbocycles. The molecule has 1 saturated heterocycles. The molecule has 1 aliphatic heterocycles. The summed E-state index contributed by atoms with van der Waals surface area (Å²) in [6.07, 6.45) is 3.72. The first-order valence-electron chi connectivity index (χ1n) is 7.52. The molecule has 1 fully saturated rings. The second-order valence-corrected chi connectivity index (χ2v) is 6.28. The maximum Gasteiger partial charge on any atom is 0.248 e. The lowest BCUT2D eigenvalue weighted by Gasteiger charge is -2.17. The molecule has 6 heteroatoms. The van der Waals surface area contributed by atoms with E-state index in [9.17, 15) is 14.4 Å². The predicted molar refractivity (Wildman–Crippen MR) is 94.9 cm³/mol. The Kier molecular flexibility index (Phi) is 4.57. The summed E-state index contributed by atoms with van der Waals surface area (Å²) in [5.74, 6) is -0.598. The number of carbonyl (C=O) groups excluding carboxylic acids is 3. The van der Waals surface area contributed by atoms with Crippen LogP contribution in [0.2, 0.25) is 0 Å². The normalized spacial score (nSPS) is 14.6. The van der Waals surface area contributed by atoms with Gasteiger partial charge in [-0.25, -0.2) is 0 Å². The van der Waals surface area contributed by atoms with Gasteiger partial charge in [0.25, 0.3) is 0 Å². The van der Waals surface area contributed by atoms with Gasteiger partial charge >= 0.3 is 0 Å². The van der Waals surface area contributed by atoms with Gasteiger partial charge in [-0.2, -0.15) is 11.3 Å². The minimum absolute atomic E-state index is 0.182. The summed E-state index contributed by atoms with van der Waals surface area (Å²) in [5, 5.41) is 6.67. The molecule has 0 saturated carbocycles. The fourth-order valence-corrected chi connectivity index (χ4v) is 3.18. The molecule has 0 bridgehead atoms. The highest BCUT2D eigenvalue weighted by Crippen LogP contribution is 2.28. The smallest absolute Gasteiger partial charge is 0.248 e. The van der Waals surface area contributed by atoms with Gasteiger partial charge in [0, 0.05) is 24.6 Å². The van der Waals surface area contributed by atoms with Gasteiger partial charge in [-0.1, -0.05) is 0 Å². The number of hydrogen-bond donors (Lipinski definition) is 1. The van der Waals surface area contributed by atoms with Gasteiger partial charge in [0.1, 0.15) is 0 Å². The molecule has 3 rings (SSSR count). The van der Waals surface area contributed by atoms with E-state index in [-0.39, 0.29) is 30.6 Å². The number of anilines is 2. The zero-order valence-corrected chi connectivity index (χ0v) is 13.9. The Labute approximate surface area is 143 Å². The van der Waals surface area contributed by atoms with Crippen LogP contribution in [0.5, 0.6) is 0 Å². The molecular formula is C18H16N2O3S. The quantitative estimate of drug-likeness (QED) is 0.685. The number of aryl methyl sites for hydroxylation is 1. The second-order valence-electron chi connectivity index (χ2n) is 5.50. The number of benzene rings is 1. The lowest BCUT2D eigenvalue weighted by atomic mass is 10.1. The lowest BCUT2D eigenvalue weighted by Crippen LogP contribution is -2.29. The lowest BCUT2D eigenvalue weighted by molar-refractivity contribution is -0.121. The average molecular weight is 340 g/mol. The van der Waals surface area contributed by atoms with E-state index in [1.165, 1.54) is 11.0 Å². The highest BCUT2D eigenvalue weighted by atomic mass is 32.1. The Balaban J connectivity index is 1.72. The van der Waals surface area contributed by atoms with Crippen LogP contribution in [-0.4, -0.2) is 17.7 Å². The van der Waals surface area contributed by atoms with Crippen LogP contribution >= 0.6 is 11.3 Å². The highest BCUT2D eigenvalue weighted by molar-refractivity contribution is 7.08. The predicted octanol–water partition coefficient (Wildman–Crippen LogP) is 3.36. The summed E-state index contributed by atoms with van der Waals surface area (Å²) in [7, 11) is 0. The number of amides is 3. The number of nitrogens with zero attached hydrogens (tertiary/aromatic N) is 1. The van der Waals surface area contributed by atoms with E-state index in [1.54, 1.807) is 35.6 Å². The zero-order valence-electron chi connectivity index (χ0n) is 13.1. The van der Waals surface area contributed by atoms with Crippen molar-refractivity contribution in [2.24, 2.45) is 0 Å². The van der Waals surface area contributed by atoms with E-state index in [0.29, 0.717) is 11.4 Å². The van der Waals surface area contributed by atoms with E-state index >= 15 is 0 Å². The van der Waals surface area contributed by atoms with Crippen molar-refractivity contribution in [3.63, 3.8) is 0 Å². The minimum Gasteiger partial charge on any atom is -0.323 e. The van der Waals surface area contributed by atoms with Gasteiger partial charge in [-0.3, -0.25) is 19.3 Å². The van der Waals surface area contributed by atoms with Crippen molar-refractivity contribution in [3.05, 3.63) is 52.2 Å². The third-order valence-corrected chi connectivity index (χ3v) is 4.43. The van der Waals surface area contributed by atoms with Crippen LogP contribution in [0.3, 0.4) is 0 Å². The molecule has 1 N–H and O–H groups in total. The Morgan fingerprint density at radius 1 is 1.21 bits per heavy atom. The fraction of sp³-hybridized carbons (Fsp3) is 0.167. The average Bonchev–Trinajstić information content (AvgIpc) is 3.17. The SMILES string of the molecule is Cc1cc(NC(=O)C=Cc2ccsc2)ccc1N1C(=O)CCC1=O. The van der Waals surface area contributed by atoms with Crippen LogP contribution in [0.1, 0.15) is 24.0 Å². The molecule has 1 aromatic heterocycles. The molecule has 0 unspecified atom stereocenters. The van der Waals surface area contributed by atoms with E-state index in [0.717, 1.165) is 11.1 Å². The number of nitrogens with one attached hydrogen (secondary N) is 1. The van der Waals surface area contributed by atoms with Crippen molar-refractivity contribution < 1.29 is 14.4 Å². The summed E-state index contributed by atoms with van der Waals surface area (Å²) in [4.78, 5) is 36.8. The zero-order chi connectivity index (χ0) is 17.1. The van der Waals surface area contributed by atoms with Crippen LogP contribution < -0.4 is 10.2 Å². The maximum atomic E-state index is 12.0. The Morgan fingerprint density at radius 2 is 1.96 bits per heavy atom. The Bertz CT molecular complexity index is 809. The van der Waals surface area contributed by atoms with Gasteiger partial charge in [0.15, 0.2) is 0 Å². The van der Waals surface area contributed by atoms with Crippen molar-refractivity contribution >= 4 is 46.5 Å². The first-order valence-corrected chi connectivity index (χ1v) is 8.46.